The molecular formula is C106H119Cl2FN14O14S4. The summed E-state index contributed by atoms with van der Waals surface area (Å²) >= 11 is 15.8. The van der Waals surface area contributed by atoms with Crippen LogP contribution in [-0.4, -0.2) is 206 Å². The topological polar surface area (TPSA) is 347 Å². The zero-order chi connectivity index (χ0) is 99.9. The zero-order valence-corrected chi connectivity index (χ0v) is 84.3. The number of thioether (sulfide) groups is 2. The monoisotopic (exact) mass is 2030 g/mol. The molecule has 742 valence electrons. The van der Waals surface area contributed by atoms with Gasteiger partial charge < -0.3 is 69.6 Å². The van der Waals surface area contributed by atoms with Crippen molar-refractivity contribution in [1.29, 1.82) is 0 Å². The van der Waals surface area contributed by atoms with Crippen LogP contribution in [0.4, 0.5) is 61.3 Å². The minimum Gasteiger partial charge on any atom is -0.478 e. The molecule has 4 fully saturated rings. The number of anilines is 8. The van der Waals surface area contributed by atoms with E-state index >= 15 is 4.39 Å². The number of nitro groups is 2. The first-order valence-electron chi connectivity index (χ1n) is 47.5. The van der Waals surface area contributed by atoms with Crippen LogP contribution in [0.25, 0.3) is 44.8 Å². The van der Waals surface area contributed by atoms with Gasteiger partial charge in [-0.2, -0.15) is 0 Å². The van der Waals surface area contributed by atoms with E-state index in [1.165, 1.54) is 36.4 Å². The van der Waals surface area contributed by atoms with E-state index in [1.54, 1.807) is 79.0 Å². The van der Waals surface area contributed by atoms with E-state index < -0.39 is 47.6 Å². The highest BCUT2D eigenvalue weighted by atomic mass is 35.5. The number of hydrogen-bond acceptors (Lipinski definition) is 22. The molecule has 4 aliphatic heterocycles. The first-order chi connectivity index (χ1) is 67.8. The number of hydrogen-bond donors (Lipinski definition) is 8. The number of likely N-dealkylation sites (tertiary alicyclic amines) is 2. The quantitative estimate of drug-likeness (QED) is 0.0101. The summed E-state index contributed by atoms with van der Waals surface area (Å²) in [5.41, 5.74) is 10.9. The summed E-state index contributed by atoms with van der Waals surface area (Å²) in [5, 5.41) is 73.1. The van der Waals surface area contributed by atoms with Gasteiger partial charge in [0.1, 0.15) is 17.2 Å². The molecule has 0 bridgehead atoms. The highest BCUT2D eigenvalue weighted by Crippen LogP contribution is 2.47. The van der Waals surface area contributed by atoms with E-state index in [0.29, 0.717) is 137 Å². The third-order valence-corrected chi connectivity index (χ3v) is 32.4. The molecule has 0 unspecified atom stereocenters. The molecule has 2 atom stereocenters. The normalized spacial score (nSPS) is 15.3. The van der Waals surface area contributed by atoms with Crippen LogP contribution >= 0.6 is 46.7 Å². The fourth-order valence-electron chi connectivity index (χ4n) is 19.3. The van der Waals surface area contributed by atoms with Crippen LogP contribution < -0.4 is 39.7 Å². The maximum atomic E-state index is 15.7. The number of carbonyl (C=O) groups is 2. The van der Waals surface area contributed by atoms with E-state index in [1.807, 2.05) is 173 Å². The average molecular weight is 2030 g/mol. The second kappa shape index (κ2) is 46.7. The molecule has 6 heterocycles. The van der Waals surface area contributed by atoms with Crippen LogP contribution in [0.5, 0.6) is 0 Å². The maximum absolute atomic E-state index is 15.7. The molecule has 10 aromatic carbocycles. The maximum Gasteiger partial charge on any atom is 0.338 e. The standard InChI is InChI=1S/C53H59ClFN7O7S2.C53H60ClN7O7S2/c1-35(2)61-36(3)50(53(64)65)51(52(61)38-9-11-40(54)12-10-38)39-29-41(55)31-45(30-39)60-27-25-59(26-28-60)44-15-13-42(14-16-44)57-71(68,69)47-17-18-48(49(32-47)62(66)67)56-43(34-70-46-7-5-4-6-8-46)21-24-58-22-19-37(33-63)20-23-58;1-36(2)60-37(3)50(53(63)64)51(52(60)39-12-14-41(54)15-13-39)40-8-7-9-45(32-40)59-30-28-58(29-31-59)44-18-16-42(17-19-44)56-70(67,68)47-20-21-48(49(33-47)61(65)66)55-43(35-69-46-10-5-4-6-11-46)24-27-57-25-22-38(34-62)23-26-57/h4-18,29-32,35,37,43,56-57,63H,19-28,33-34H2,1-3H3,(H,64,65);4-21,32-33,36,38,43,55-56,62H,22-31,34-35H2,1-3H3,(H,63,64)/t2*43-/m11/s1. The molecule has 0 spiro atoms. The molecule has 2 aromatic heterocycles. The van der Waals surface area contributed by atoms with Crippen molar-refractivity contribution in [2.75, 3.05) is 156 Å². The predicted molar refractivity (Wildman–Crippen MR) is 565 cm³/mol. The molecule has 0 radical (unpaired) electrons. The highest BCUT2D eigenvalue weighted by Gasteiger charge is 2.35. The molecule has 0 aliphatic carbocycles. The van der Waals surface area contributed by atoms with Crippen LogP contribution in [0.15, 0.2) is 256 Å². The van der Waals surface area contributed by atoms with Crippen LogP contribution in [0.2, 0.25) is 10.0 Å². The van der Waals surface area contributed by atoms with Gasteiger partial charge in [0.25, 0.3) is 31.4 Å². The Kier molecular flexibility index (Phi) is 34.2. The van der Waals surface area contributed by atoms with E-state index in [4.69, 9.17) is 23.2 Å². The minimum atomic E-state index is -4.23. The van der Waals surface area contributed by atoms with Gasteiger partial charge >= 0.3 is 11.9 Å². The molecular weight excluding hydrogens is 1910 g/mol. The van der Waals surface area contributed by atoms with E-state index in [9.17, 15) is 67.1 Å². The van der Waals surface area contributed by atoms with Crippen molar-refractivity contribution in [3.8, 4) is 44.8 Å². The number of nitro benzene ring substituents is 2. The summed E-state index contributed by atoms with van der Waals surface area (Å²) in [6.07, 6.45) is 5.16. The number of aliphatic hydroxyl groups is 2. The largest absolute Gasteiger partial charge is 0.478 e. The average Bonchev–Trinajstić information content (AvgIpc) is 1.59. The van der Waals surface area contributed by atoms with Gasteiger partial charge in [-0.25, -0.2) is 30.8 Å². The minimum absolute atomic E-state index is 0.00431. The SMILES string of the molecule is Cc1c(C(=O)O)c(-c2cc(F)cc(N3CCN(c4ccc(NS(=O)(=O)c5ccc(N[C@H](CCN6CCC(CO)CC6)CSc6ccccc6)c([N+](=O)[O-])c5)cc4)CC3)c2)c(-c2ccc(Cl)cc2)n1C(C)C.Cc1c(C(=O)O)c(-c2cccc(N3CCN(c4ccc(NS(=O)(=O)c5ccc(N[C@H](CCN6CCC(CO)CC6)CSc6ccccc6)c([N+](=O)[O-])c5)cc4)CC3)c2)c(-c2ccc(Cl)cc2)n1C(C)C. The first kappa shape index (κ1) is 103. The molecule has 4 aliphatic rings. The number of piperazine rings is 2. The van der Waals surface area contributed by atoms with Gasteiger partial charge in [-0.15, -0.1) is 23.5 Å². The Hall–Kier alpha value is -12.2. The number of rotatable bonds is 38. The second-order valence-corrected chi connectivity index (χ2v) is 43.2. The van der Waals surface area contributed by atoms with Gasteiger partial charge in [-0.1, -0.05) is 96.0 Å². The van der Waals surface area contributed by atoms with E-state index in [0.717, 1.165) is 133 Å². The number of nitrogens with one attached hydrogen (secondary N) is 4. The molecule has 12 aromatic rings. The lowest BCUT2D eigenvalue weighted by atomic mass is 9.96. The Morgan fingerprint density at radius 2 is 0.809 bits per heavy atom. The second-order valence-electron chi connectivity index (χ2n) is 36.7. The van der Waals surface area contributed by atoms with Crippen LogP contribution in [-0.2, 0) is 20.0 Å². The number of aliphatic hydroxyl groups excluding tert-OH is 2. The summed E-state index contributed by atoms with van der Waals surface area (Å²) in [6.45, 7) is 22.1. The van der Waals surface area contributed by atoms with Crippen molar-refractivity contribution < 1.29 is 61.1 Å². The van der Waals surface area contributed by atoms with Crippen molar-refractivity contribution in [2.24, 2.45) is 11.8 Å². The predicted octanol–water partition coefficient (Wildman–Crippen LogP) is 21.7. The van der Waals surface area contributed by atoms with Gasteiger partial charge in [0.2, 0.25) is 0 Å². The van der Waals surface area contributed by atoms with Gasteiger partial charge in [0.05, 0.1) is 42.2 Å². The van der Waals surface area contributed by atoms with E-state index in [-0.39, 0.29) is 86.7 Å². The Labute approximate surface area is 841 Å². The third kappa shape index (κ3) is 25.5. The van der Waals surface area contributed by atoms with Gasteiger partial charge in [-0.05, 0) is 292 Å². The van der Waals surface area contributed by atoms with Crippen molar-refractivity contribution >= 4 is 136 Å². The van der Waals surface area contributed by atoms with Gasteiger partial charge in [-0.3, -0.25) is 29.7 Å². The summed E-state index contributed by atoms with van der Waals surface area (Å²) in [4.78, 5) is 64.7. The molecule has 16 rings (SSSR count). The van der Waals surface area contributed by atoms with Crippen molar-refractivity contribution in [2.45, 2.75) is 124 Å². The molecule has 4 saturated heterocycles. The number of aromatic carboxylic acids is 2. The number of carboxylic acid groups (broad SMARTS) is 2. The highest BCUT2D eigenvalue weighted by molar-refractivity contribution is 7.99. The van der Waals surface area contributed by atoms with Crippen molar-refractivity contribution in [3.05, 3.63) is 295 Å². The molecule has 141 heavy (non-hydrogen) atoms. The number of piperidine rings is 2. The first-order valence-corrected chi connectivity index (χ1v) is 53.2. The third-order valence-electron chi connectivity index (χ3n) is 26.7. The lowest BCUT2D eigenvalue weighted by molar-refractivity contribution is -0.384. The lowest BCUT2D eigenvalue weighted by Crippen LogP contribution is -2.46. The van der Waals surface area contributed by atoms with Crippen molar-refractivity contribution in [1.82, 2.24) is 18.9 Å². The number of aromatic nitrogens is 2. The Morgan fingerprint density at radius 3 is 1.18 bits per heavy atom. The Balaban J connectivity index is 0.000000213. The number of halogens is 3. The Morgan fingerprint density at radius 1 is 0.440 bits per heavy atom. The molecule has 28 nitrogen and oxygen atoms in total. The fraction of sp³-hybridized carbons (Fsp3) is 0.340. The van der Waals surface area contributed by atoms with Gasteiger partial charge in [0, 0.05) is 203 Å². The number of nitrogens with zero attached hydrogens (tertiary/aromatic N) is 10. The smallest absolute Gasteiger partial charge is 0.338 e. The molecule has 35 heteroatoms. The van der Waals surface area contributed by atoms with Gasteiger partial charge in [0.15, 0.2) is 0 Å². The summed E-state index contributed by atoms with van der Waals surface area (Å²) in [7, 11) is -8.42. The summed E-state index contributed by atoms with van der Waals surface area (Å²) < 4.78 is 79.8. The molecule has 0 saturated carbocycles. The van der Waals surface area contributed by atoms with E-state index in [2.05, 4.69) is 60.1 Å². The summed E-state index contributed by atoms with van der Waals surface area (Å²) in [6, 6.07) is 68.8. The fourth-order valence-corrected chi connectivity index (χ4v) is 23.7. The molecule has 0 amide bonds. The summed E-state index contributed by atoms with van der Waals surface area (Å²) in [5.74, 6) is -0.659. The number of carboxylic acids is 2. The number of benzene rings is 10. The van der Waals surface area contributed by atoms with Crippen LogP contribution in [0.1, 0.15) is 110 Å². The zero-order valence-electron chi connectivity index (χ0n) is 79.6. The van der Waals surface area contributed by atoms with Crippen molar-refractivity contribution in [3.63, 3.8) is 0 Å². The number of sulfonamides is 2. The Bertz CT molecular complexity index is 6620. The molecule has 8 N–H and O–H groups in total. The lowest BCUT2D eigenvalue weighted by Gasteiger charge is -2.37. The van der Waals surface area contributed by atoms with Crippen LogP contribution in [0, 0.1) is 51.7 Å². The van der Waals surface area contributed by atoms with Crippen LogP contribution in [0.3, 0.4) is 0 Å².